The van der Waals surface area contributed by atoms with Crippen LogP contribution in [0.4, 0.5) is 4.39 Å². The van der Waals surface area contributed by atoms with Crippen LogP contribution < -0.4 is 4.74 Å². The SMILES string of the molecule is O=C(O)c1cc(F)cnc1OCCc1cccnc1. The minimum absolute atomic E-state index is 0.0854. The number of halogens is 1. The highest BCUT2D eigenvalue weighted by molar-refractivity contribution is 5.90. The van der Waals surface area contributed by atoms with Gasteiger partial charge in [0.1, 0.15) is 11.4 Å². The zero-order valence-electron chi connectivity index (χ0n) is 9.91. The number of carboxylic acids is 1. The van der Waals surface area contributed by atoms with Crippen LogP contribution in [0.5, 0.6) is 5.88 Å². The Morgan fingerprint density at radius 1 is 1.42 bits per heavy atom. The molecule has 0 saturated heterocycles. The average Bonchev–Trinajstić information content (AvgIpc) is 2.41. The lowest BCUT2D eigenvalue weighted by molar-refractivity contribution is 0.0690. The normalized spacial score (nSPS) is 10.2. The van der Waals surface area contributed by atoms with E-state index in [1.807, 2.05) is 6.07 Å². The molecule has 0 atom stereocenters. The Kier molecular flexibility index (Phi) is 4.02. The molecule has 0 bridgehead atoms. The number of pyridine rings is 2. The standard InChI is InChI=1S/C13H11FN2O3/c14-10-6-11(13(17)18)12(16-8-10)19-5-3-9-2-1-4-15-7-9/h1-2,4,6-8H,3,5H2,(H,17,18). The molecule has 19 heavy (non-hydrogen) atoms. The number of ether oxygens (including phenoxy) is 1. The van der Waals surface area contributed by atoms with Gasteiger partial charge in [-0.1, -0.05) is 6.07 Å². The first kappa shape index (κ1) is 12.9. The number of carbonyl (C=O) groups is 1. The van der Waals surface area contributed by atoms with E-state index in [9.17, 15) is 9.18 Å². The Balaban J connectivity index is 2.02. The molecule has 1 N–H and O–H groups in total. The van der Waals surface area contributed by atoms with Gasteiger partial charge in [0.05, 0.1) is 12.8 Å². The topological polar surface area (TPSA) is 72.3 Å². The molecule has 2 aromatic heterocycles. The summed E-state index contributed by atoms with van der Waals surface area (Å²) in [5.74, 6) is -2.07. The van der Waals surface area contributed by atoms with Crippen LogP contribution >= 0.6 is 0 Å². The highest BCUT2D eigenvalue weighted by atomic mass is 19.1. The lowest BCUT2D eigenvalue weighted by Crippen LogP contribution is -2.08. The van der Waals surface area contributed by atoms with Crippen molar-refractivity contribution >= 4 is 5.97 Å². The van der Waals surface area contributed by atoms with E-state index in [0.29, 0.717) is 6.42 Å². The molecule has 0 aliphatic carbocycles. The molecule has 5 nitrogen and oxygen atoms in total. The summed E-state index contributed by atoms with van der Waals surface area (Å²) in [4.78, 5) is 18.5. The van der Waals surface area contributed by atoms with Gasteiger partial charge in [-0.2, -0.15) is 0 Å². The van der Waals surface area contributed by atoms with Gasteiger partial charge in [-0.15, -0.1) is 0 Å². The minimum atomic E-state index is -1.27. The Hall–Kier alpha value is -2.50. The maximum atomic E-state index is 12.9. The van der Waals surface area contributed by atoms with Gasteiger partial charge in [-0.25, -0.2) is 14.2 Å². The highest BCUT2D eigenvalue weighted by Crippen LogP contribution is 2.16. The summed E-state index contributed by atoms with van der Waals surface area (Å²) in [7, 11) is 0. The average molecular weight is 262 g/mol. The fourth-order valence-electron chi connectivity index (χ4n) is 1.51. The van der Waals surface area contributed by atoms with Crippen LogP contribution in [0.2, 0.25) is 0 Å². The molecule has 2 heterocycles. The van der Waals surface area contributed by atoms with Gasteiger partial charge in [0, 0.05) is 18.8 Å². The molecule has 2 aromatic rings. The molecule has 0 spiro atoms. The van der Waals surface area contributed by atoms with Crippen LogP contribution in [-0.4, -0.2) is 27.7 Å². The molecule has 0 aliphatic rings. The van der Waals surface area contributed by atoms with E-state index in [-0.39, 0.29) is 18.1 Å². The van der Waals surface area contributed by atoms with Crippen molar-refractivity contribution in [1.82, 2.24) is 9.97 Å². The number of hydrogen-bond acceptors (Lipinski definition) is 4. The maximum absolute atomic E-state index is 12.9. The summed E-state index contributed by atoms with van der Waals surface area (Å²) >= 11 is 0. The van der Waals surface area contributed by atoms with Gasteiger partial charge in [-0.05, 0) is 17.7 Å². The van der Waals surface area contributed by atoms with E-state index in [1.165, 1.54) is 0 Å². The fraction of sp³-hybridized carbons (Fsp3) is 0.154. The lowest BCUT2D eigenvalue weighted by Gasteiger charge is -2.07. The molecule has 0 aromatic carbocycles. The summed E-state index contributed by atoms with van der Waals surface area (Å²) in [6.07, 6.45) is 4.84. The zero-order chi connectivity index (χ0) is 13.7. The van der Waals surface area contributed by atoms with Crippen LogP contribution in [0.1, 0.15) is 15.9 Å². The summed E-state index contributed by atoms with van der Waals surface area (Å²) in [6, 6.07) is 4.56. The van der Waals surface area contributed by atoms with Crippen molar-refractivity contribution in [3.63, 3.8) is 0 Å². The molecule has 0 fully saturated rings. The zero-order valence-corrected chi connectivity index (χ0v) is 9.91. The summed E-state index contributed by atoms with van der Waals surface area (Å²) < 4.78 is 18.2. The summed E-state index contributed by atoms with van der Waals surface area (Å²) in [5, 5.41) is 8.91. The third kappa shape index (κ3) is 3.48. The number of rotatable bonds is 5. The van der Waals surface area contributed by atoms with Crippen molar-refractivity contribution in [2.24, 2.45) is 0 Å². The minimum Gasteiger partial charge on any atom is -0.477 e. The molecule has 0 unspecified atom stereocenters. The van der Waals surface area contributed by atoms with Crippen molar-refractivity contribution in [2.75, 3.05) is 6.61 Å². The van der Waals surface area contributed by atoms with Gasteiger partial charge in [0.2, 0.25) is 5.88 Å². The van der Waals surface area contributed by atoms with Crippen molar-refractivity contribution in [3.05, 3.63) is 53.7 Å². The van der Waals surface area contributed by atoms with Gasteiger partial charge in [0.25, 0.3) is 0 Å². The molecule has 0 saturated carbocycles. The molecular weight excluding hydrogens is 251 g/mol. The Morgan fingerprint density at radius 2 is 2.26 bits per heavy atom. The van der Waals surface area contributed by atoms with Crippen LogP contribution in [0, 0.1) is 5.82 Å². The second-order valence-corrected chi connectivity index (χ2v) is 3.77. The van der Waals surface area contributed by atoms with Crippen molar-refractivity contribution in [1.29, 1.82) is 0 Å². The van der Waals surface area contributed by atoms with Crippen LogP contribution in [0.15, 0.2) is 36.8 Å². The van der Waals surface area contributed by atoms with Crippen molar-refractivity contribution in [3.8, 4) is 5.88 Å². The monoisotopic (exact) mass is 262 g/mol. The van der Waals surface area contributed by atoms with Crippen LogP contribution in [-0.2, 0) is 6.42 Å². The fourth-order valence-corrected chi connectivity index (χ4v) is 1.51. The lowest BCUT2D eigenvalue weighted by atomic mass is 10.2. The van der Waals surface area contributed by atoms with Gasteiger partial charge >= 0.3 is 5.97 Å². The van der Waals surface area contributed by atoms with E-state index >= 15 is 0 Å². The van der Waals surface area contributed by atoms with E-state index in [4.69, 9.17) is 9.84 Å². The van der Waals surface area contributed by atoms with Crippen molar-refractivity contribution < 1.29 is 19.0 Å². The number of hydrogen-bond donors (Lipinski definition) is 1. The second-order valence-electron chi connectivity index (χ2n) is 3.77. The Labute approximate surface area is 108 Å². The molecule has 0 amide bonds. The van der Waals surface area contributed by atoms with Gasteiger partial charge in [-0.3, -0.25) is 4.98 Å². The molecule has 6 heteroatoms. The first-order valence-electron chi connectivity index (χ1n) is 5.57. The van der Waals surface area contributed by atoms with Crippen LogP contribution in [0.3, 0.4) is 0 Å². The number of aromatic carboxylic acids is 1. The number of carboxylic acid groups (broad SMARTS) is 1. The van der Waals surface area contributed by atoms with Crippen molar-refractivity contribution in [2.45, 2.75) is 6.42 Å². The third-order valence-electron chi connectivity index (χ3n) is 2.40. The summed E-state index contributed by atoms with van der Waals surface area (Å²) in [6.45, 7) is 0.241. The molecule has 2 rings (SSSR count). The van der Waals surface area contributed by atoms with E-state index in [2.05, 4.69) is 9.97 Å². The predicted octanol–water partition coefficient (Wildman–Crippen LogP) is 1.94. The molecular formula is C13H11FN2O3. The Morgan fingerprint density at radius 3 is 2.95 bits per heavy atom. The van der Waals surface area contributed by atoms with E-state index < -0.39 is 11.8 Å². The smallest absolute Gasteiger partial charge is 0.341 e. The molecule has 0 radical (unpaired) electrons. The van der Waals surface area contributed by atoms with Gasteiger partial charge < -0.3 is 9.84 Å². The quantitative estimate of drug-likeness (QED) is 0.891. The first-order valence-corrected chi connectivity index (χ1v) is 5.57. The molecule has 0 aliphatic heterocycles. The second kappa shape index (κ2) is 5.90. The third-order valence-corrected chi connectivity index (χ3v) is 2.40. The highest BCUT2D eigenvalue weighted by Gasteiger charge is 2.14. The Bertz CT molecular complexity index is 575. The van der Waals surface area contributed by atoms with Crippen LogP contribution in [0.25, 0.3) is 0 Å². The maximum Gasteiger partial charge on any atom is 0.341 e. The number of aromatic nitrogens is 2. The first-order chi connectivity index (χ1) is 9.16. The predicted molar refractivity (Wildman–Crippen MR) is 64.6 cm³/mol. The van der Waals surface area contributed by atoms with Gasteiger partial charge in [0.15, 0.2) is 0 Å². The van der Waals surface area contributed by atoms with E-state index in [0.717, 1.165) is 17.8 Å². The molecule has 98 valence electrons. The largest absolute Gasteiger partial charge is 0.477 e. The summed E-state index contributed by atoms with van der Waals surface area (Å²) in [5.41, 5.74) is 0.674. The number of nitrogens with zero attached hydrogens (tertiary/aromatic N) is 2. The van der Waals surface area contributed by atoms with E-state index in [1.54, 1.807) is 18.5 Å².